The molecule has 0 saturated heterocycles. The van der Waals surface area contributed by atoms with Gasteiger partial charge in [0.25, 0.3) is 0 Å². The molecule has 0 spiro atoms. The summed E-state index contributed by atoms with van der Waals surface area (Å²) < 4.78 is 0. The molecule has 4 nitrogen and oxygen atoms in total. The van der Waals surface area contributed by atoms with Crippen molar-refractivity contribution in [2.24, 2.45) is 16.8 Å². The van der Waals surface area contributed by atoms with Crippen LogP contribution in [-0.4, -0.2) is 51.1 Å². The second-order valence-corrected chi connectivity index (χ2v) is 5.88. The van der Waals surface area contributed by atoms with E-state index in [4.69, 9.17) is 0 Å². The molecule has 0 heterocycles. The maximum Gasteiger partial charge on any atom is 0.191 e. The number of halogens is 1. The van der Waals surface area contributed by atoms with Gasteiger partial charge in [-0.15, -0.1) is 24.0 Å². The molecule has 0 aromatic carbocycles. The highest BCUT2D eigenvalue weighted by Gasteiger charge is 2.22. The minimum Gasteiger partial charge on any atom is -0.356 e. The first-order valence-corrected chi connectivity index (χ1v) is 7.73. The lowest BCUT2D eigenvalue weighted by atomic mass is 9.93. The van der Waals surface area contributed by atoms with E-state index in [1.54, 1.807) is 0 Å². The van der Waals surface area contributed by atoms with E-state index in [1.165, 1.54) is 25.7 Å². The van der Waals surface area contributed by atoms with Crippen molar-refractivity contribution in [3.63, 3.8) is 0 Å². The number of nitrogens with zero attached hydrogens (tertiary/aromatic N) is 2. The van der Waals surface area contributed by atoms with Gasteiger partial charge in [-0.1, -0.05) is 26.7 Å². The van der Waals surface area contributed by atoms with Crippen LogP contribution >= 0.6 is 24.0 Å². The average molecular weight is 396 g/mol. The summed E-state index contributed by atoms with van der Waals surface area (Å²) >= 11 is 0. The van der Waals surface area contributed by atoms with Crippen LogP contribution in [0.2, 0.25) is 0 Å². The van der Waals surface area contributed by atoms with Gasteiger partial charge in [0.05, 0.1) is 0 Å². The Bertz CT molecular complexity index is 273. The van der Waals surface area contributed by atoms with Gasteiger partial charge in [0, 0.05) is 26.2 Å². The Labute approximate surface area is 142 Å². The molecule has 0 aromatic rings. The van der Waals surface area contributed by atoms with Crippen LogP contribution in [0.3, 0.4) is 0 Å². The number of rotatable bonds is 8. The standard InChI is InChI=1S/C15H32N4.HI/c1-6-13(7-2)14(19(4)5)11-18-15(16-3)17-10-12-8-9-12;/h12-14H,6-11H2,1-5H3,(H2,16,17,18);1H. The predicted molar refractivity (Wildman–Crippen MR) is 99.1 cm³/mol. The molecule has 20 heavy (non-hydrogen) atoms. The highest BCUT2D eigenvalue weighted by molar-refractivity contribution is 14.0. The zero-order chi connectivity index (χ0) is 14.3. The zero-order valence-corrected chi connectivity index (χ0v) is 16.1. The van der Waals surface area contributed by atoms with Crippen molar-refractivity contribution >= 4 is 29.9 Å². The molecule has 1 unspecified atom stereocenters. The monoisotopic (exact) mass is 396 g/mol. The number of nitrogens with one attached hydrogen (secondary N) is 2. The van der Waals surface area contributed by atoms with Crippen molar-refractivity contribution in [1.29, 1.82) is 0 Å². The SMILES string of the molecule is CCC(CC)C(CNC(=NC)NCC1CC1)N(C)C.I. The van der Waals surface area contributed by atoms with Gasteiger partial charge < -0.3 is 15.5 Å². The number of hydrogen-bond donors (Lipinski definition) is 2. The fourth-order valence-electron chi connectivity index (χ4n) is 2.59. The van der Waals surface area contributed by atoms with Crippen LogP contribution in [0.15, 0.2) is 4.99 Å². The molecule has 0 aliphatic heterocycles. The molecule has 0 amide bonds. The van der Waals surface area contributed by atoms with Crippen LogP contribution in [0.1, 0.15) is 39.5 Å². The van der Waals surface area contributed by atoms with Crippen molar-refractivity contribution in [3.05, 3.63) is 0 Å². The van der Waals surface area contributed by atoms with Gasteiger partial charge in [-0.3, -0.25) is 4.99 Å². The average Bonchev–Trinajstić information content (AvgIpc) is 3.21. The maximum absolute atomic E-state index is 4.31. The van der Waals surface area contributed by atoms with Crippen LogP contribution in [-0.2, 0) is 0 Å². The summed E-state index contributed by atoms with van der Waals surface area (Å²) in [6, 6.07) is 0.564. The molecule has 1 fully saturated rings. The van der Waals surface area contributed by atoms with Gasteiger partial charge in [-0.25, -0.2) is 0 Å². The predicted octanol–water partition coefficient (Wildman–Crippen LogP) is 2.55. The molecule has 0 aromatic heterocycles. The summed E-state index contributed by atoms with van der Waals surface area (Å²) in [6.07, 6.45) is 5.21. The quantitative estimate of drug-likeness (QED) is 0.376. The van der Waals surface area contributed by atoms with Crippen LogP contribution in [0, 0.1) is 11.8 Å². The highest BCUT2D eigenvalue weighted by atomic mass is 127. The molecule has 1 atom stereocenters. The van der Waals surface area contributed by atoms with E-state index >= 15 is 0 Å². The van der Waals surface area contributed by atoms with Crippen LogP contribution < -0.4 is 10.6 Å². The third-order valence-electron chi connectivity index (χ3n) is 4.21. The van der Waals surface area contributed by atoms with Crippen molar-refractivity contribution < 1.29 is 0 Å². The van der Waals surface area contributed by atoms with Crippen LogP contribution in [0.25, 0.3) is 0 Å². The second kappa shape index (κ2) is 10.7. The maximum atomic E-state index is 4.31. The largest absolute Gasteiger partial charge is 0.356 e. The number of likely N-dealkylation sites (N-methyl/N-ethyl adjacent to an activating group) is 1. The molecule has 120 valence electrons. The first kappa shape index (κ1) is 20.0. The van der Waals surface area contributed by atoms with E-state index in [2.05, 4.69) is 48.5 Å². The fourth-order valence-corrected chi connectivity index (χ4v) is 2.59. The topological polar surface area (TPSA) is 39.7 Å². The van der Waals surface area contributed by atoms with Gasteiger partial charge in [0.2, 0.25) is 0 Å². The first-order chi connectivity index (χ1) is 9.12. The lowest BCUT2D eigenvalue weighted by Crippen LogP contribution is -2.48. The van der Waals surface area contributed by atoms with Crippen molar-refractivity contribution in [2.75, 3.05) is 34.2 Å². The minimum absolute atomic E-state index is 0. The Morgan fingerprint density at radius 3 is 2.20 bits per heavy atom. The van der Waals surface area contributed by atoms with Gasteiger partial charge in [-0.2, -0.15) is 0 Å². The normalized spacial score (nSPS) is 17.1. The lowest BCUT2D eigenvalue weighted by Gasteiger charge is -2.32. The fraction of sp³-hybridized carbons (Fsp3) is 0.933. The van der Waals surface area contributed by atoms with Gasteiger partial charge >= 0.3 is 0 Å². The summed E-state index contributed by atoms with van der Waals surface area (Å²) in [6.45, 7) is 6.59. The van der Waals surface area contributed by atoms with Gasteiger partial charge in [-0.05, 0) is 38.8 Å². The Morgan fingerprint density at radius 2 is 1.80 bits per heavy atom. The van der Waals surface area contributed by atoms with Gasteiger partial charge in [0.1, 0.15) is 0 Å². The molecule has 0 bridgehead atoms. The van der Waals surface area contributed by atoms with E-state index < -0.39 is 0 Å². The summed E-state index contributed by atoms with van der Waals surface area (Å²) in [5.41, 5.74) is 0. The van der Waals surface area contributed by atoms with E-state index in [0.29, 0.717) is 6.04 Å². The molecule has 0 radical (unpaired) electrons. The Kier molecular flexibility index (Phi) is 10.6. The molecule has 1 saturated carbocycles. The molecular weight excluding hydrogens is 363 g/mol. The Balaban J connectivity index is 0.00000361. The zero-order valence-electron chi connectivity index (χ0n) is 13.8. The third kappa shape index (κ3) is 7.11. The molecule has 1 rings (SSSR count). The highest BCUT2D eigenvalue weighted by Crippen LogP contribution is 2.27. The second-order valence-electron chi connectivity index (χ2n) is 5.88. The first-order valence-electron chi connectivity index (χ1n) is 7.73. The van der Waals surface area contributed by atoms with Crippen molar-refractivity contribution in [2.45, 2.75) is 45.6 Å². The number of aliphatic imine (C=N–C) groups is 1. The van der Waals surface area contributed by atoms with E-state index in [9.17, 15) is 0 Å². The van der Waals surface area contributed by atoms with Crippen molar-refractivity contribution in [3.8, 4) is 0 Å². The Morgan fingerprint density at radius 1 is 1.20 bits per heavy atom. The molecular formula is C15H33IN4. The number of hydrogen-bond acceptors (Lipinski definition) is 2. The summed E-state index contributed by atoms with van der Waals surface area (Å²) in [5.74, 6) is 2.57. The smallest absolute Gasteiger partial charge is 0.191 e. The van der Waals surface area contributed by atoms with Crippen LogP contribution in [0.5, 0.6) is 0 Å². The summed E-state index contributed by atoms with van der Waals surface area (Å²) in [7, 11) is 6.19. The van der Waals surface area contributed by atoms with E-state index in [0.717, 1.165) is 30.9 Å². The summed E-state index contributed by atoms with van der Waals surface area (Å²) in [4.78, 5) is 6.64. The van der Waals surface area contributed by atoms with Crippen molar-refractivity contribution in [1.82, 2.24) is 15.5 Å². The molecule has 5 heteroatoms. The number of guanidine groups is 1. The third-order valence-corrected chi connectivity index (χ3v) is 4.21. The molecule has 2 N–H and O–H groups in total. The van der Waals surface area contributed by atoms with E-state index in [-0.39, 0.29) is 24.0 Å². The lowest BCUT2D eigenvalue weighted by molar-refractivity contribution is 0.200. The molecule has 1 aliphatic carbocycles. The van der Waals surface area contributed by atoms with Gasteiger partial charge in [0.15, 0.2) is 5.96 Å². The van der Waals surface area contributed by atoms with Crippen LogP contribution in [0.4, 0.5) is 0 Å². The summed E-state index contributed by atoms with van der Waals surface area (Å²) in [5, 5.41) is 6.90. The minimum atomic E-state index is 0. The molecule has 1 aliphatic rings. The van der Waals surface area contributed by atoms with E-state index in [1.807, 2.05) is 7.05 Å². The Hall–Kier alpha value is -0.0400.